The Hall–Kier alpha value is -3.45. The topological polar surface area (TPSA) is 81.8 Å². The molecule has 5 rings (SSSR count). The first kappa shape index (κ1) is 20.5. The molecule has 0 bridgehead atoms. The maximum absolute atomic E-state index is 13.4. The van der Waals surface area contributed by atoms with Crippen LogP contribution >= 0.6 is 11.6 Å². The molecule has 1 saturated carbocycles. The lowest BCUT2D eigenvalue weighted by atomic mass is 10.1. The lowest BCUT2D eigenvalue weighted by molar-refractivity contribution is -0.117. The molecule has 4 aromatic rings. The molecule has 2 heterocycles. The molecule has 1 fully saturated rings. The van der Waals surface area contributed by atoms with Crippen molar-refractivity contribution in [2.45, 2.75) is 39.2 Å². The van der Waals surface area contributed by atoms with E-state index in [-0.39, 0.29) is 23.9 Å². The summed E-state index contributed by atoms with van der Waals surface area (Å²) in [6.07, 6.45) is 3.70. The fraction of sp³-hybridized carbons (Fsp3) is 0.250. The molecule has 0 saturated heterocycles. The number of aromatic nitrogens is 4. The van der Waals surface area contributed by atoms with Gasteiger partial charge in [-0.15, -0.1) is 0 Å². The summed E-state index contributed by atoms with van der Waals surface area (Å²) in [7, 11) is 0. The molecule has 1 amide bonds. The number of halogens is 1. The molecule has 1 aliphatic carbocycles. The van der Waals surface area contributed by atoms with E-state index in [4.69, 9.17) is 11.6 Å². The summed E-state index contributed by atoms with van der Waals surface area (Å²) in [6.45, 7) is 3.76. The third kappa shape index (κ3) is 3.80. The van der Waals surface area contributed by atoms with E-state index in [1.165, 1.54) is 4.68 Å². The van der Waals surface area contributed by atoms with E-state index >= 15 is 0 Å². The van der Waals surface area contributed by atoms with Crippen molar-refractivity contribution in [3.63, 3.8) is 0 Å². The van der Waals surface area contributed by atoms with Crippen molar-refractivity contribution in [3.8, 4) is 5.69 Å². The Morgan fingerprint density at radius 1 is 1.19 bits per heavy atom. The summed E-state index contributed by atoms with van der Waals surface area (Å²) >= 11 is 6.15. The Morgan fingerprint density at radius 3 is 2.72 bits per heavy atom. The van der Waals surface area contributed by atoms with Crippen LogP contribution in [0.4, 0.5) is 5.69 Å². The van der Waals surface area contributed by atoms with Gasteiger partial charge in [-0.2, -0.15) is 10.2 Å². The number of benzene rings is 2. The zero-order chi connectivity index (χ0) is 22.4. The number of carbonyl (C=O) groups is 1. The fourth-order valence-corrected chi connectivity index (χ4v) is 4.13. The first-order chi connectivity index (χ1) is 15.4. The molecule has 0 aliphatic heterocycles. The maximum atomic E-state index is 13.4. The van der Waals surface area contributed by atoms with Gasteiger partial charge in [0, 0.05) is 22.0 Å². The third-order valence-electron chi connectivity index (χ3n) is 5.68. The second-order valence-corrected chi connectivity index (χ2v) is 8.72. The average molecular weight is 448 g/mol. The van der Waals surface area contributed by atoms with Gasteiger partial charge in [0.2, 0.25) is 5.91 Å². The van der Waals surface area contributed by atoms with Gasteiger partial charge in [0.1, 0.15) is 12.1 Å². The molecular weight excluding hydrogens is 426 g/mol. The number of hydrogen-bond acceptors (Lipinski definition) is 4. The van der Waals surface area contributed by atoms with Gasteiger partial charge in [0.25, 0.3) is 5.56 Å². The molecule has 2 aromatic carbocycles. The lowest BCUT2D eigenvalue weighted by Crippen LogP contribution is -2.31. The smallest absolute Gasteiger partial charge is 0.293 e. The molecule has 2 aromatic heterocycles. The van der Waals surface area contributed by atoms with Gasteiger partial charge in [0.05, 0.1) is 17.6 Å². The van der Waals surface area contributed by atoms with Crippen LogP contribution in [0.2, 0.25) is 5.02 Å². The van der Waals surface area contributed by atoms with Gasteiger partial charge < -0.3 is 5.32 Å². The van der Waals surface area contributed by atoms with Gasteiger partial charge in [-0.25, -0.2) is 9.36 Å². The number of carbonyl (C=O) groups excluding carboxylic acids is 1. The highest BCUT2D eigenvalue weighted by Crippen LogP contribution is 2.41. The molecule has 0 spiro atoms. The zero-order valence-electron chi connectivity index (χ0n) is 17.8. The van der Waals surface area contributed by atoms with Crippen molar-refractivity contribution < 1.29 is 4.79 Å². The Bertz CT molecular complexity index is 1420. The van der Waals surface area contributed by atoms with Crippen molar-refractivity contribution >= 4 is 34.1 Å². The zero-order valence-corrected chi connectivity index (χ0v) is 18.6. The second kappa shape index (κ2) is 7.91. The number of nitrogens with one attached hydrogen (secondary N) is 1. The predicted molar refractivity (Wildman–Crippen MR) is 125 cm³/mol. The van der Waals surface area contributed by atoms with E-state index in [0.29, 0.717) is 16.2 Å². The van der Waals surface area contributed by atoms with Gasteiger partial charge in [0.15, 0.2) is 0 Å². The van der Waals surface area contributed by atoms with Crippen LogP contribution < -0.4 is 10.9 Å². The largest absolute Gasteiger partial charge is 0.324 e. The highest BCUT2D eigenvalue weighted by Gasteiger charge is 2.30. The van der Waals surface area contributed by atoms with Crippen molar-refractivity contribution in [3.05, 3.63) is 80.9 Å². The Labute approximate surface area is 189 Å². The number of fused-ring (bicyclic) bond motifs is 1. The molecule has 0 radical (unpaired) electrons. The summed E-state index contributed by atoms with van der Waals surface area (Å²) in [5, 5.41) is 13.2. The highest BCUT2D eigenvalue weighted by atomic mass is 35.5. The van der Waals surface area contributed by atoms with Gasteiger partial charge in [-0.1, -0.05) is 35.4 Å². The second-order valence-electron chi connectivity index (χ2n) is 8.29. The normalized spacial score (nSPS) is 13.5. The molecule has 8 heteroatoms. The number of hydrogen-bond donors (Lipinski definition) is 1. The van der Waals surface area contributed by atoms with Gasteiger partial charge in [-0.05, 0) is 56.5 Å². The monoisotopic (exact) mass is 447 g/mol. The summed E-state index contributed by atoms with van der Waals surface area (Å²) in [5.74, 6) is -0.0229. The van der Waals surface area contributed by atoms with Crippen LogP contribution in [0.5, 0.6) is 0 Å². The predicted octanol–water partition coefficient (Wildman–Crippen LogP) is 4.37. The molecule has 0 atom stereocenters. The summed E-state index contributed by atoms with van der Waals surface area (Å²) in [6, 6.07) is 13.0. The van der Waals surface area contributed by atoms with Crippen LogP contribution in [-0.4, -0.2) is 25.5 Å². The van der Waals surface area contributed by atoms with E-state index in [2.05, 4.69) is 15.5 Å². The summed E-state index contributed by atoms with van der Waals surface area (Å²) < 4.78 is 2.83. The number of nitrogens with zero attached hydrogens (tertiary/aromatic N) is 4. The average Bonchev–Trinajstić information content (AvgIpc) is 3.50. The van der Waals surface area contributed by atoms with Crippen LogP contribution in [0.3, 0.4) is 0 Å². The number of aryl methyl sites for hydroxylation is 2. The minimum absolute atomic E-state index is 0.178. The van der Waals surface area contributed by atoms with Crippen LogP contribution in [0, 0.1) is 13.8 Å². The van der Waals surface area contributed by atoms with Crippen LogP contribution in [0.25, 0.3) is 16.6 Å². The van der Waals surface area contributed by atoms with Crippen molar-refractivity contribution in [2.24, 2.45) is 0 Å². The number of rotatable bonds is 5. The van der Waals surface area contributed by atoms with Crippen LogP contribution in [0.1, 0.15) is 35.6 Å². The minimum Gasteiger partial charge on any atom is -0.324 e. The highest BCUT2D eigenvalue weighted by molar-refractivity contribution is 6.30. The lowest BCUT2D eigenvalue weighted by Gasteiger charge is -2.12. The van der Waals surface area contributed by atoms with Crippen molar-refractivity contribution in [1.82, 2.24) is 19.6 Å². The van der Waals surface area contributed by atoms with Crippen LogP contribution in [0.15, 0.2) is 53.5 Å². The van der Waals surface area contributed by atoms with E-state index in [1.54, 1.807) is 23.0 Å². The van der Waals surface area contributed by atoms with E-state index in [9.17, 15) is 9.59 Å². The Balaban J connectivity index is 1.56. The standard InChI is InChI=1S/C24H22ClN5O2/c1-14-6-9-20(15(2)10-14)27-21(31)13-29-24(32)23-19(22(28-29)16-7-8-16)12-26-30(23)18-5-3-4-17(25)11-18/h3-6,9-12,16H,7-8,13H2,1-2H3,(H,27,31). The fourth-order valence-electron chi connectivity index (χ4n) is 3.94. The van der Waals surface area contributed by atoms with Gasteiger partial charge >= 0.3 is 0 Å². The van der Waals surface area contributed by atoms with E-state index < -0.39 is 0 Å². The molecule has 1 aliphatic rings. The van der Waals surface area contributed by atoms with Gasteiger partial charge in [-0.3, -0.25) is 9.59 Å². The molecule has 162 valence electrons. The number of amides is 1. The minimum atomic E-state index is -0.363. The summed E-state index contributed by atoms with van der Waals surface area (Å²) in [5.41, 5.74) is 4.34. The SMILES string of the molecule is Cc1ccc(NC(=O)Cn2nc(C3CC3)c3cnn(-c4cccc(Cl)c4)c3c2=O)c(C)c1. The van der Waals surface area contributed by atoms with Crippen molar-refractivity contribution in [2.75, 3.05) is 5.32 Å². The Morgan fingerprint density at radius 2 is 2.00 bits per heavy atom. The molecule has 0 unspecified atom stereocenters. The molecular formula is C24H22ClN5O2. The van der Waals surface area contributed by atoms with Crippen molar-refractivity contribution in [1.29, 1.82) is 0 Å². The number of anilines is 1. The van der Waals surface area contributed by atoms with E-state index in [0.717, 1.165) is 40.7 Å². The first-order valence-electron chi connectivity index (χ1n) is 10.5. The quantitative estimate of drug-likeness (QED) is 0.492. The third-order valence-corrected chi connectivity index (χ3v) is 5.91. The first-order valence-corrected chi connectivity index (χ1v) is 10.9. The van der Waals surface area contributed by atoms with Crippen LogP contribution in [-0.2, 0) is 11.3 Å². The van der Waals surface area contributed by atoms with E-state index in [1.807, 2.05) is 44.2 Å². The molecule has 32 heavy (non-hydrogen) atoms. The Kier molecular flexibility index (Phi) is 5.06. The molecule has 7 nitrogen and oxygen atoms in total. The summed E-state index contributed by atoms with van der Waals surface area (Å²) in [4.78, 5) is 26.2. The molecule has 1 N–H and O–H groups in total. The maximum Gasteiger partial charge on any atom is 0.293 e.